The molecule has 5 heterocycles. The summed E-state index contributed by atoms with van der Waals surface area (Å²) >= 11 is 14.3. The van der Waals surface area contributed by atoms with Gasteiger partial charge in [-0.15, -0.1) is 0 Å². The van der Waals surface area contributed by atoms with Crippen molar-refractivity contribution in [2.45, 2.75) is 74.8 Å². The van der Waals surface area contributed by atoms with E-state index < -0.39 is 0 Å². The van der Waals surface area contributed by atoms with Crippen LogP contribution in [0.1, 0.15) is 56.5 Å². The van der Waals surface area contributed by atoms with Crippen LogP contribution in [0.25, 0.3) is 40.4 Å². The molecule has 0 spiro atoms. The van der Waals surface area contributed by atoms with Crippen molar-refractivity contribution in [3.05, 3.63) is 108 Å². The minimum atomic E-state index is -0.278. The van der Waals surface area contributed by atoms with Gasteiger partial charge in [0.25, 0.3) is 0 Å². The van der Waals surface area contributed by atoms with E-state index in [4.69, 9.17) is 7.85 Å². The summed E-state index contributed by atoms with van der Waals surface area (Å²) in [7, 11) is 5.47. The number of rotatable bonds is 2. The molecular formula is C33H52BI6N8V2Y2-2. The first-order valence-corrected chi connectivity index (χ1v) is 39.0. The molecule has 1 aliphatic rings. The molecule has 0 unspecified atom stereocenters. The fraction of sp³-hybridized carbons (Fsp3) is 0.364. The molecule has 0 fully saturated rings. The minimum Gasteiger partial charge on any atom is -0.693 e. The van der Waals surface area contributed by atoms with Gasteiger partial charge in [0.15, 0.2) is 0 Å². The molecule has 0 atom stereocenters. The predicted octanol–water partition coefficient (Wildman–Crippen LogP) is 15.0. The summed E-state index contributed by atoms with van der Waals surface area (Å²) in [5, 5.41) is 0. The Labute approximate surface area is 446 Å². The van der Waals surface area contributed by atoms with Gasteiger partial charge in [0.2, 0.25) is 0 Å². The van der Waals surface area contributed by atoms with Gasteiger partial charge in [0, 0.05) is 108 Å². The largest absolute Gasteiger partial charge is 0.693 e. The standard InChI is InChI=1S/2C10H12N2.C9H9N.C2H5B.CH3I.CH4.5HI.H3N.2H2N.2V.2Y/c2*1-3-12-7-6-9-10(12)5-4-8(2)11-9;1-7-5-6-8-3-2-4-9(8)10-7;1-2-3;1-2;;;;;;;;;;;;;/h2*4-7H,3H2,1-2H3;2,4-6H,3H2,1H3;2H2,1H3;1H3;1H4;5*1H;1H3;2*1H2;;;;/q;;;;;;;;;;;;2*-1;+2;+3;;/p-5. The van der Waals surface area contributed by atoms with Gasteiger partial charge in [0.1, 0.15) is 0 Å². The van der Waals surface area contributed by atoms with Crippen molar-refractivity contribution in [3.8, 4) is 0 Å². The van der Waals surface area contributed by atoms with E-state index >= 15 is 0 Å². The van der Waals surface area contributed by atoms with E-state index in [1.54, 1.807) is 0 Å². The Morgan fingerprint density at radius 3 is 1.38 bits per heavy atom. The van der Waals surface area contributed by atoms with Crippen LogP contribution in [-0.4, -0.2) is 36.9 Å². The van der Waals surface area contributed by atoms with Crippen molar-refractivity contribution >= 4 is 158 Å². The second-order valence-electron chi connectivity index (χ2n) is 9.18. The van der Waals surface area contributed by atoms with E-state index in [1.165, 1.54) is 16.6 Å². The van der Waals surface area contributed by atoms with Crippen molar-refractivity contribution in [3.63, 3.8) is 0 Å². The number of alkyl halides is 1. The van der Waals surface area contributed by atoms with Gasteiger partial charge < -0.3 is 27.6 Å². The van der Waals surface area contributed by atoms with Gasteiger partial charge in [0.05, 0.1) is 35.6 Å². The zero-order chi connectivity index (χ0) is 35.1. The molecule has 4 radical (unpaired) electrons. The van der Waals surface area contributed by atoms with Gasteiger partial charge in [-0.2, -0.15) is 0 Å². The second kappa shape index (κ2) is 44.5. The third-order valence-electron chi connectivity index (χ3n) is 5.97. The van der Waals surface area contributed by atoms with Crippen LogP contribution in [0.4, 0.5) is 0 Å². The number of hydrogen-bond donors (Lipinski definition) is 1. The van der Waals surface area contributed by atoms with Gasteiger partial charge in [-0.1, -0.05) is 55.4 Å². The molecule has 19 heteroatoms. The average Bonchev–Trinajstić information content (AvgIpc) is 3.76. The SMILES string of the molecule is C.CCn1ccc2nc(C)ccc21.CCn1ccc2nc(C)ccc21.CI.Cc1ccc2c(n1)C=CC2.N.[B]CC.[I][V]([I])[I].[I][V][I].[NH2-].[NH2-].[Y].[Y]. The Kier molecular flexibility index (Phi) is 60.4. The number of allylic oxidation sites excluding steroid dienone is 1. The molecule has 0 saturated heterocycles. The van der Waals surface area contributed by atoms with Crippen molar-refractivity contribution in [2.24, 2.45) is 0 Å². The molecule has 7 N–H and O–H groups in total. The van der Waals surface area contributed by atoms with E-state index in [9.17, 15) is 0 Å². The number of nitrogens with zero attached hydrogens (tertiary/aromatic N) is 5. The molecule has 0 aromatic carbocycles. The summed E-state index contributed by atoms with van der Waals surface area (Å²) in [6.45, 7) is 14.2. The predicted molar refractivity (Wildman–Crippen MR) is 271 cm³/mol. The van der Waals surface area contributed by atoms with Crippen LogP contribution in [0.15, 0.2) is 67.0 Å². The molecule has 1 aliphatic carbocycles. The van der Waals surface area contributed by atoms with Crippen molar-refractivity contribution in [1.29, 1.82) is 0 Å². The zero-order valence-electron chi connectivity index (χ0n) is 30.2. The quantitative estimate of drug-likeness (QED) is 0.106. The number of hydrogen-bond acceptors (Lipinski definition) is 4. The van der Waals surface area contributed by atoms with Gasteiger partial charge in [-0.25, -0.2) is 0 Å². The first-order chi connectivity index (χ1) is 22.0. The maximum absolute atomic E-state index is 4.85. The number of fused-ring (bicyclic) bond motifs is 3. The first-order valence-electron chi connectivity index (χ1n) is 14.3. The monoisotopic (exact) mass is 1610 g/mol. The zero-order valence-corrected chi connectivity index (χ0v) is 51.7. The number of nitrogens with two attached hydrogens (primary N) is 2. The summed E-state index contributed by atoms with van der Waals surface area (Å²) in [5.41, 5.74) is 10.4. The number of aryl methyl sites for hydroxylation is 5. The maximum Gasteiger partial charge on any atom is 0 e. The van der Waals surface area contributed by atoms with Crippen LogP contribution < -0.4 is 6.15 Å². The van der Waals surface area contributed by atoms with Gasteiger partial charge in [-0.3, -0.25) is 15.0 Å². The smallest absolute Gasteiger partial charge is 0 e. The molecule has 0 bridgehead atoms. The van der Waals surface area contributed by atoms with E-state index in [0.717, 1.165) is 59.6 Å². The summed E-state index contributed by atoms with van der Waals surface area (Å²) < 4.78 is 4.39. The fourth-order valence-corrected chi connectivity index (χ4v) is 4.12. The Hall–Kier alpha value is 3.97. The molecular weight excluding hydrogens is 1560 g/mol. The van der Waals surface area contributed by atoms with Crippen molar-refractivity contribution in [1.82, 2.24) is 30.2 Å². The normalized spacial score (nSPS) is 9.04. The Morgan fingerprint density at radius 2 is 1.04 bits per heavy atom. The van der Waals surface area contributed by atoms with Gasteiger partial charge >= 0.3 is 114 Å². The van der Waals surface area contributed by atoms with E-state index in [-0.39, 0.29) is 96.2 Å². The third kappa shape index (κ3) is 30.1. The molecule has 0 amide bonds. The molecule has 287 valence electrons. The molecule has 0 aliphatic heterocycles. The van der Waals surface area contributed by atoms with Crippen LogP contribution in [0, 0.1) is 20.8 Å². The second-order valence-corrected chi connectivity index (χ2v) is 56.3. The van der Waals surface area contributed by atoms with Gasteiger partial charge in [-0.05, 0) is 100 Å². The van der Waals surface area contributed by atoms with Crippen molar-refractivity contribution in [2.75, 3.05) is 4.93 Å². The molecule has 52 heavy (non-hydrogen) atoms. The Bertz CT molecular complexity index is 1500. The van der Waals surface area contributed by atoms with Crippen LogP contribution in [-0.2, 0) is 99.3 Å². The topological polar surface area (TPSA) is 151 Å². The summed E-state index contributed by atoms with van der Waals surface area (Å²) in [4.78, 5) is 14.9. The van der Waals surface area contributed by atoms with Crippen molar-refractivity contribution < 1.29 is 79.8 Å². The molecule has 5 aromatic heterocycles. The molecule has 5 aromatic rings. The van der Waals surface area contributed by atoms with Crippen LogP contribution in [0.3, 0.4) is 0 Å². The van der Waals surface area contributed by atoms with Crippen LogP contribution in [0.2, 0.25) is 6.32 Å². The number of pyridine rings is 3. The Balaban J connectivity index is -0.0000000968. The summed E-state index contributed by atoms with van der Waals surface area (Å²) in [5.74, 6) is 0. The Morgan fingerprint density at radius 1 is 0.712 bits per heavy atom. The summed E-state index contributed by atoms with van der Waals surface area (Å²) in [6, 6.07) is 16.7. The first kappa shape index (κ1) is 70.5. The maximum atomic E-state index is 4.85. The van der Waals surface area contributed by atoms with E-state index in [1.807, 2.05) is 32.6 Å². The number of aromatic nitrogens is 5. The van der Waals surface area contributed by atoms with E-state index in [0.29, 0.717) is 9.47 Å². The molecule has 0 saturated carbocycles. The minimum absolute atomic E-state index is 0. The van der Waals surface area contributed by atoms with E-state index in [2.05, 4.69) is 233 Å². The molecule has 8 nitrogen and oxygen atoms in total. The van der Waals surface area contributed by atoms with Crippen LogP contribution in [0.5, 0.6) is 0 Å². The molecule has 6 rings (SSSR count). The third-order valence-corrected chi connectivity index (χ3v) is 5.97. The van der Waals surface area contributed by atoms with Crippen LogP contribution >= 0.6 is 122 Å². The number of halogens is 6. The average molecular weight is 1610 g/mol. The summed E-state index contributed by atoms with van der Waals surface area (Å²) in [6.07, 6.45) is 10.2. The fourth-order valence-electron chi connectivity index (χ4n) is 4.12.